The summed E-state index contributed by atoms with van der Waals surface area (Å²) < 4.78 is 7.94. The molecule has 0 amide bonds. The summed E-state index contributed by atoms with van der Waals surface area (Å²) in [5, 5.41) is 1.26. The molecule has 0 spiro atoms. The van der Waals surface area contributed by atoms with Crippen LogP contribution in [0.25, 0.3) is 10.9 Å². The van der Waals surface area contributed by atoms with Gasteiger partial charge in [0, 0.05) is 29.4 Å². The van der Waals surface area contributed by atoms with Gasteiger partial charge in [-0.25, -0.2) is 0 Å². The van der Waals surface area contributed by atoms with Crippen molar-refractivity contribution in [3.8, 4) is 5.75 Å². The van der Waals surface area contributed by atoms with E-state index in [9.17, 15) is 0 Å². The zero-order valence-corrected chi connectivity index (χ0v) is 11.3. The highest BCUT2D eigenvalue weighted by Gasteiger charge is 2.02. The van der Waals surface area contributed by atoms with Crippen LogP contribution in [0.4, 0.5) is 0 Å². The predicted octanol–water partition coefficient (Wildman–Crippen LogP) is 3.79. The van der Waals surface area contributed by atoms with Crippen LogP contribution in [0.2, 0.25) is 0 Å². The van der Waals surface area contributed by atoms with Gasteiger partial charge in [-0.1, -0.05) is 6.92 Å². The number of benzene rings is 1. The fourth-order valence-corrected chi connectivity index (χ4v) is 2.25. The fraction of sp³-hybridized carbons (Fsp3) is 0.429. The van der Waals surface area contributed by atoms with Gasteiger partial charge in [-0.15, -0.1) is 0 Å². The van der Waals surface area contributed by atoms with Crippen molar-refractivity contribution in [3.05, 3.63) is 30.5 Å². The Bertz CT molecular complexity index is 478. The van der Waals surface area contributed by atoms with Crippen LogP contribution < -0.4 is 4.74 Å². The van der Waals surface area contributed by atoms with Crippen LogP contribution in [0.1, 0.15) is 13.3 Å². The molecule has 0 radical (unpaired) electrons. The van der Waals surface area contributed by atoms with Gasteiger partial charge in [0.05, 0.1) is 6.61 Å². The minimum absolute atomic E-state index is 0.790. The van der Waals surface area contributed by atoms with Crippen molar-refractivity contribution in [2.45, 2.75) is 19.9 Å². The van der Waals surface area contributed by atoms with Crippen LogP contribution in [0.15, 0.2) is 30.5 Å². The third-order valence-electron chi connectivity index (χ3n) is 2.75. The Morgan fingerprint density at radius 1 is 1.29 bits per heavy atom. The molecule has 0 unspecified atom stereocenters. The summed E-state index contributed by atoms with van der Waals surface area (Å²) in [6, 6.07) is 8.50. The molecule has 0 saturated carbocycles. The summed E-state index contributed by atoms with van der Waals surface area (Å²) in [5.41, 5.74) is 1.29. The smallest absolute Gasteiger partial charge is 0.120 e. The van der Waals surface area contributed by atoms with Gasteiger partial charge in [0.2, 0.25) is 0 Å². The SMILES string of the molecule is CCCOc1ccc2c(ccn2CCSC)c1. The number of aromatic nitrogens is 1. The van der Waals surface area contributed by atoms with E-state index in [1.807, 2.05) is 11.8 Å². The van der Waals surface area contributed by atoms with Crippen molar-refractivity contribution >= 4 is 22.7 Å². The predicted molar refractivity (Wildman–Crippen MR) is 76.1 cm³/mol. The van der Waals surface area contributed by atoms with Gasteiger partial charge in [0.25, 0.3) is 0 Å². The van der Waals surface area contributed by atoms with Gasteiger partial charge in [-0.3, -0.25) is 0 Å². The first kappa shape index (κ1) is 12.4. The summed E-state index contributed by atoms with van der Waals surface area (Å²) in [4.78, 5) is 0. The first-order valence-electron chi connectivity index (χ1n) is 6.05. The van der Waals surface area contributed by atoms with Gasteiger partial charge in [-0.05, 0) is 36.9 Å². The molecule has 2 aromatic rings. The van der Waals surface area contributed by atoms with E-state index in [-0.39, 0.29) is 0 Å². The van der Waals surface area contributed by atoms with Crippen molar-refractivity contribution in [3.63, 3.8) is 0 Å². The Morgan fingerprint density at radius 2 is 2.18 bits per heavy atom. The average Bonchev–Trinajstić information content (AvgIpc) is 2.76. The largest absolute Gasteiger partial charge is 0.494 e. The summed E-state index contributed by atoms with van der Waals surface area (Å²) >= 11 is 1.88. The topological polar surface area (TPSA) is 14.2 Å². The molecule has 1 aromatic carbocycles. The first-order chi connectivity index (χ1) is 8.35. The third-order valence-corrected chi connectivity index (χ3v) is 3.34. The number of hydrogen-bond acceptors (Lipinski definition) is 2. The normalized spacial score (nSPS) is 10.9. The Balaban J connectivity index is 2.19. The van der Waals surface area contributed by atoms with E-state index in [0.717, 1.165) is 31.1 Å². The van der Waals surface area contributed by atoms with Crippen molar-refractivity contribution in [1.82, 2.24) is 4.57 Å². The van der Waals surface area contributed by atoms with E-state index in [4.69, 9.17) is 4.74 Å². The Kier molecular flexibility index (Phi) is 4.37. The molecule has 3 heteroatoms. The molecule has 2 rings (SSSR count). The molecular weight excluding hydrogens is 230 g/mol. The molecule has 92 valence electrons. The first-order valence-corrected chi connectivity index (χ1v) is 7.45. The van der Waals surface area contributed by atoms with Crippen LogP contribution in [0.5, 0.6) is 5.75 Å². The fourth-order valence-electron chi connectivity index (χ4n) is 1.87. The summed E-state index contributed by atoms with van der Waals surface area (Å²) in [5.74, 6) is 2.12. The molecular formula is C14H19NOS. The van der Waals surface area contributed by atoms with E-state index in [0.29, 0.717) is 0 Å². The average molecular weight is 249 g/mol. The van der Waals surface area contributed by atoms with Crippen LogP contribution in [0.3, 0.4) is 0 Å². The molecule has 0 aliphatic rings. The maximum atomic E-state index is 5.64. The standard InChI is InChI=1S/C14H19NOS/c1-3-9-16-13-4-5-14-12(11-13)6-7-15(14)8-10-17-2/h4-7,11H,3,8-10H2,1-2H3. The lowest BCUT2D eigenvalue weighted by atomic mass is 10.2. The van der Waals surface area contributed by atoms with E-state index in [2.05, 4.69) is 48.2 Å². The minimum atomic E-state index is 0.790. The molecule has 17 heavy (non-hydrogen) atoms. The molecule has 1 aromatic heterocycles. The van der Waals surface area contributed by atoms with Gasteiger partial charge in [-0.2, -0.15) is 11.8 Å². The highest BCUT2D eigenvalue weighted by molar-refractivity contribution is 7.98. The highest BCUT2D eigenvalue weighted by atomic mass is 32.2. The second-order valence-corrected chi connectivity index (χ2v) is 5.06. The second kappa shape index (κ2) is 6.01. The summed E-state index contributed by atoms with van der Waals surface area (Å²) in [6.45, 7) is 3.98. The van der Waals surface area contributed by atoms with Crippen LogP contribution in [-0.4, -0.2) is 23.2 Å². The number of fused-ring (bicyclic) bond motifs is 1. The molecule has 0 saturated heterocycles. The highest BCUT2D eigenvalue weighted by Crippen LogP contribution is 2.22. The Hall–Kier alpha value is -1.09. The zero-order chi connectivity index (χ0) is 12.1. The van der Waals surface area contributed by atoms with Crippen LogP contribution in [-0.2, 0) is 6.54 Å². The van der Waals surface area contributed by atoms with E-state index < -0.39 is 0 Å². The second-order valence-electron chi connectivity index (χ2n) is 4.07. The van der Waals surface area contributed by atoms with E-state index in [1.54, 1.807) is 0 Å². The van der Waals surface area contributed by atoms with Gasteiger partial charge in [0.15, 0.2) is 0 Å². The number of rotatable bonds is 6. The molecule has 0 fully saturated rings. The zero-order valence-electron chi connectivity index (χ0n) is 10.5. The van der Waals surface area contributed by atoms with Gasteiger partial charge in [0.1, 0.15) is 5.75 Å². The van der Waals surface area contributed by atoms with Gasteiger partial charge >= 0.3 is 0 Å². The number of aryl methyl sites for hydroxylation is 1. The number of thioether (sulfide) groups is 1. The molecule has 1 heterocycles. The van der Waals surface area contributed by atoms with Crippen LogP contribution >= 0.6 is 11.8 Å². The van der Waals surface area contributed by atoms with Crippen molar-refractivity contribution in [1.29, 1.82) is 0 Å². The number of nitrogens with zero attached hydrogens (tertiary/aromatic N) is 1. The van der Waals surface area contributed by atoms with Crippen LogP contribution in [0, 0.1) is 0 Å². The van der Waals surface area contributed by atoms with Crippen molar-refractivity contribution in [2.24, 2.45) is 0 Å². The molecule has 0 aliphatic heterocycles. The molecule has 0 aliphatic carbocycles. The molecule has 2 nitrogen and oxygen atoms in total. The molecule has 0 atom stereocenters. The Labute approximate surface area is 107 Å². The monoisotopic (exact) mass is 249 g/mol. The quantitative estimate of drug-likeness (QED) is 0.773. The maximum absolute atomic E-state index is 5.64. The third kappa shape index (κ3) is 2.97. The summed E-state index contributed by atoms with van der Waals surface area (Å²) in [6.07, 6.45) is 5.35. The van der Waals surface area contributed by atoms with Gasteiger partial charge < -0.3 is 9.30 Å². The van der Waals surface area contributed by atoms with Crippen molar-refractivity contribution in [2.75, 3.05) is 18.6 Å². The van der Waals surface area contributed by atoms with E-state index >= 15 is 0 Å². The van der Waals surface area contributed by atoms with Crippen molar-refractivity contribution < 1.29 is 4.74 Å². The summed E-state index contributed by atoms with van der Waals surface area (Å²) in [7, 11) is 0. The Morgan fingerprint density at radius 3 is 2.94 bits per heavy atom. The molecule has 0 N–H and O–H groups in total. The number of ether oxygens (including phenoxy) is 1. The lowest BCUT2D eigenvalue weighted by Gasteiger charge is -2.06. The molecule has 0 bridgehead atoms. The lowest BCUT2D eigenvalue weighted by Crippen LogP contribution is -1.98. The lowest BCUT2D eigenvalue weighted by molar-refractivity contribution is 0.318. The maximum Gasteiger partial charge on any atom is 0.120 e. The van der Waals surface area contributed by atoms with E-state index in [1.165, 1.54) is 10.9 Å². The number of hydrogen-bond donors (Lipinski definition) is 0. The minimum Gasteiger partial charge on any atom is -0.494 e.